The minimum Gasteiger partial charge on any atom is -0.475 e. The number of carbonyl (C=O) groups is 1. The molecule has 3 nitrogen and oxygen atoms in total. The van der Waals surface area contributed by atoms with Crippen LogP contribution in [0.2, 0.25) is 25.5 Å². The molecule has 0 unspecified atom stereocenters. The van der Waals surface area contributed by atoms with Crippen molar-refractivity contribution in [2.45, 2.75) is 38.1 Å². The van der Waals surface area contributed by atoms with E-state index < -0.39 is 33.2 Å². The van der Waals surface area contributed by atoms with E-state index in [1.807, 2.05) is 0 Å². The van der Waals surface area contributed by atoms with Gasteiger partial charge in [-0.25, -0.2) is 4.79 Å². The fourth-order valence-corrected chi connectivity index (χ4v) is 1.37. The molecule has 0 aliphatic rings. The summed E-state index contributed by atoms with van der Waals surface area (Å²) in [6, 6.07) is 0.233. The zero-order valence-corrected chi connectivity index (χ0v) is 9.19. The summed E-state index contributed by atoms with van der Waals surface area (Å²) in [6.07, 6.45) is -4.61. The van der Waals surface area contributed by atoms with Crippen LogP contribution in [0.5, 0.6) is 0 Å². The Kier molecular flexibility index (Phi) is 3.49. The first-order valence-electron chi connectivity index (χ1n) is 7.01. The Bertz CT molecular complexity index is 330. The van der Waals surface area contributed by atoms with E-state index in [1.54, 1.807) is 0 Å². The minimum atomic E-state index is -5.08. The summed E-state index contributed by atoms with van der Waals surface area (Å²) in [7, 11) is -3.25. The summed E-state index contributed by atoms with van der Waals surface area (Å²) in [4.78, 5) is 8.90. The summed E-state index contributed by atoms with van der Waals surface area (Å²) >= 11 is 0. The lowest BCUT2D eigenvalue weighted by Crippen LogP contribution is -2.21. The van der Waals surface area contributed by atoms with Crippen molar-refractivity contribution in [3.05, 3.63) is 0 Å². The highest BCUT2D eigenvalue weighted by Crippen LogP contribution is 2.13. The molecular weight excluding hydrogens is 227 g/mol. The smallest absolute Gasteiger partial charge is 0.475 e. The van der Waals surface area contributed by atoms with Gasteiger partial charge in [0, 0.05) is 16.3 Å². The molecule has 0 aromatic rings. The van der Waals surface area contributed by atoms with Crippen molar-refractivity contribution in [2.75, 3.05) is 6.54 Å². The van der Waals surface area contributed by atoms with Crippen LogP contribution in [0.4, 0.5) is 13.2 Å². The Hall–Kier alpha value is -0.563. The molecule has 0 aromatic heterocycles. The zero-order chi connectivity index (χ0) is 17.7. The van der Waals surface area contributed by atoms with Crippen molar-refractivity contribution in [2.24, 2.45) is 5.73 Å². The van der Waals surface area contributed by atoms with E-state index in [4.69, 9.17) is 23.9 Å². The number of hydrogen-bond donors (Lipinski definition) is 2. The first kappa shape index (κ1) is 7.67. The maximum Gasteiger partial charge on any atom is 0.490 e. The third kappa shape index (κ3) is 16.1. The monoisotopic (exact) mass is 251 g/mol. The summed E-state index contributed by atoms with van der Waals surface area (Å²) in [5, 5.41) is 7.12. The molecule has 0 amide bonds. The van der Waals surface area contributed by atoms with Crippen molar-refractivity contribution >= 4 is 14.0 Å². The van der Waals surface area contributed by atoms with Gasteiger partial charge in [0.2, 0.25) is 0 Å². The van der Waals surface area contributed by atoms with Gasteiger partial charge in [-0.05, 0) is 13.0 Å². The molecule has 0 heterocycles. The van der Waals surface area contributed by atoms with Crippen LogP contribution >= 0.6 is 0 Å². The Balaban J connectivity index is 0. The lowest BCUT2D eigenvalue weighted by molar-refractivity contribution is -0.192. The Morgan fingerprint density at radius 3 is 2.13 bits per heavy atom. The van der Waals surface area contributed by atoms with Crippen LogP contribution < -0.4 is 5.73 Å². The van der Waals surface area contributed by atoms with Crippen molar-refractivity contribution in [3.63, 3.8) is 0 Å². The molecule has 0 rings (SSSR count). The third-order valence-electron chi connectivity index (χ3n) is 1.12. The van der Waals surface area contributed by atoms with E-state index in [2.05, 4.69) is 0 Å². The van der Waals surface area contributed by atoms with Crippen LogP contribution in [0.1, 0.15) is 14.6 Å². The highest BCUT2D eigenvalue weighted by Gasteiger charge is 2.38. The predicted molar refractivity (Wildman–Crippen MR) is 55.5 cm³/mol. The van der Waals surface area contributed by atoms with Crippen molar-refractivity contribution in [1.29, 1.82) is 0 Å². The summed E-state index contributed by atoms with van der Waals surface area (Å²) in [5.41, 5.74) is 5.28. The minimum absolute atomic E-state index is 0.233. The molecule has 3 N–H and O–H groups in total. The first-order valence-corrected chi connectivity index (χ1v) is 6.71. The highest BCUT2D eigenvalue weighted by molar-refractivity contribution is 6.76. The molecule has 0 aliphatic carbocycles. The molecule has 0 aromatic carbocycles. The zero-order valence-electron chi connectivity index (χ0n) is 14.2. The van der Waals surface area contributed by atoms with E-state index in [0.29, 0.717) is 13.0 Å². The fourth-order valence-electron chi connectivity index (χ4n) is 0.456. The van der Waals surface area contributed by atoms with Gasteiger partial charge in [0.15, 0.2) is 0 Å². The second-order valence-electron chi connectivity index (χ2n) is 3.03. The molecule has 0 radical (unpaired) electrons. The van der Waals surface area contributed by atoms with Gasteiger partial charge in [-0.15, -0.1) is 0 Å². The number of alkyl halides is 3. The number of aliphatic carboxylic acids is 1. The van der Waals surface area contributed by atoms with Crippen LogP contribution in [-0.4, -0.2) is 31.9 Å². The molecule has 0 saturated heterocycles. The third-order valence-corrected chi connectivity index (χ3v) is 2.48. The Labute approximate surface area is 96.9 Å². The maximum atomic E-state index is 10.6. The topological polar surface area (TPSA) is 63.3 Å². The van der Waals surface area contributed by atoms with E-state index in [0.717, 1.165) is 0 Å². The normalized spacial score (nSPS) is 19.3. The number of carboxylic acid groups (broad SMARTS) is 1. The van der Waals surface area contributed by atoms with Gasteiger partial charge in [-0.3, -0.25) is 0 Å². The second-order valence-corrected chi connectivity index (χ2v) is 6.19. The summed E-state index contributed by atoms with van der Waals surface area (Å²) in [6.45, 7) is -2.92. The average molecular weight is 251 g/mol. The van der Waals surface area contributed by atoms with Gasteiger partial charge in [-0.2, -0.15) is 13.2 Å². The molecule has 0 saturated carbocycles. The first-order chi connectivity index (χ1) is 9.00. The van der Waals surface area contributed by atoms with E-state index in [-0.39, 0.29) is 6.04 Å². The van der Waals surface area contributed by atoms with Gasteiger partial charge in [-0.1, -0.05) is 25.5 Å². The standard InChI is InChI=1S/C6H17NSi.C2HF3O2/c1-8(2,3)6-4-5-7;3-2(4,5)1(6)7/h4-7H2,1-3H3;(H,6,7)/i1D3,2D3;. The molecule has 0 atom stereocenters. The summed E-state index contributed by atoms with van der Waals surface area (Å²) < 4.78 is 75.6. The maximum absolute atomic E-state index is 10.6. The number of nitrogens with two attached hydrogens (primary N) is 1. The Morgan fingerprint density at radius 2 is 1.93 bits per heavy atom. The van der Waals surface area contributed by atoms with Gasteiger partial charge in [0.05, 0.1) is 0 Å². The SMILES string of the molecule is O=C(O)C(F)(F)F.[2H]C([2H])([2H])[Si](C)(CCCN)C([2H])([2H])[2H]. The van der Waals surface area contributed by atoms with Gasteiger partial charge in [0.1, 0.15) is 0 Å². The van der Waals surface area contributed by atoms with Crippen LogP contribution in [0.25, 0.3) is 0 Å². The molecular formula is C8H18F3NO2Si. The predicted octanol–water partition coefficient (Wildman–Crippen LogP) is 2.31. The van der Waals surface area contributed by atoms with Crippen LogP contribution in [0, 0.1) is 0 Å². The summed E-state index contributed by atoms with van der Waals surface area (Å²) in [5.74, 6) is -2.76. The van der Waals surface area contributed by atoms with Crippen LogP contribution in [-0.2, 0) is 4.79 Å². The molecule has 0 aliphatic heterocycles. The van der Waals surface area contributed by atoms with Gasteiger partial charge >= 0.3 is 12.1 Å². The Morgan fingerprint density at radius 1 is 1.53 bits per heavy atom. The van der Waals surface area contributed by atoms with Gasteiger partial charge in [0.25, 0.3) is 0 Å². The van der Waals surface area contributed by atoms with E-state index >= 15 is 0 Å². The molecule has 0 spiro atoms. The van der Waals surface area contributed by atoms with Crippen molar-refractivity contribution in [1.82, 2.24) is 0 Å². The van der Waals surface area contributed by atoms with Crippen molar-refractivity contribution < 1.29 is 31.3 Å². The fraction of sp³-hybridized carbons (Fsp3) is 0.875. The van der Waals surface area contributed by atoms with Crippen LogP contribution in [0.3, 0.4) is 0 Å². The quantitative estimate of drug-likeness (QED) is 0.757. The molecule has 0 bridgehead atoms. The van der Waals surface area contributed by atoms with E-state index in [1.165, 1.54) is 6.55 Å². The number of rotatable bonds is 3. The van der Waals surface area contributed by atoms with Gasteiger partial charge < -0.3 is 10.8 Å². The molecule has 0 fully saturated rings. The van der Waals surface area contributed by atoms with E-state index in [9.17, 15) is 13.2 Å². The lowest BCUT2D eigenvalue weighted by Gasteiger charge is -2.13. The number of carboxylic acids is 1. The molecule has 92 valence electrons. The van der Waals surface area contributed by atoms with Crippen LogP contribution in [0.15, 0.2) is 0 Å². The second kappa shape index (κ2) is 6.84. The number of hydrogen-bond acceptors (Lipinski definition) is 2. The molecule has 15 heavy (non-hydrogen) atoms. The van der Waals surface area contributed by atoms with Crippen molar-refractivity contribution in [3.8, 4) is 0 Å². The highest BCUT2D eigenvalue weighted by atomic mass is 28.3. The molecule has 7 heteroatoms. The number of halogens is 3. The lowest BCUT2D eigenvalue weighted by atomic mass is 10.5. The average Bonchev–Trinajstić information content (AvgIpc) is 2.22. The largest absolute Gasteiger partial charge is 0.490 e.